The number of ether oxygens (including phenoxy) is 2. The molecule has 6 heteroatoms. The Morgan fingerprint density at radius 3 is 2.45 bits per heavy atom. The van der Waals surface area contributed by atoms with E-state index in [-0.39, 0.29) is 18.8 Å². The Balaban J connectivity index is 2.15. The lowest BCUT2D eigenvalue weighted by Crippen LogP contribution is -2.22. The quantitative estimate of drug-likeness (QED) is 0.845. The number of aliphatic hydroxyl groups is 1. The molecule has 0 saturated carbocycles. The van der Waals surface area contributed by atoms with Gasteiger partial charge in [-0.05, 0) is 44.8 Å². The van der Waals surface area contributed by atoms with E-state index in [0.717, 1.165) is 5.56 Å². The average Bonchev–Trinajstić information content (AvgIpc) is 2.53. The van der Waals surface area contributed by atoms with Crippen molar-refractivity contribution in [3.8, 4) is 11.5 Å². The van der Waals surface area contributed by atoms with Crippen LogP contribution in [-0.4, -0.2) is 18.2 Å². The second-order valence-electron chi connectivity index (χ2n) is 4.54. The minimum Gasteiger partial charge on any atom is -0.545 e. The molecule has 0 spiro atoms. The van der Waals surface area contributed by atoms with Gasteiger partial charge in [0.1, 0.15) is 6.61 Å². The van der Waals surface area contributed by atoms with Crippen LogP contribution in [0.1, 0.15) is 21.5 Å². The molecule has 2 rings (SSSR count). The molecule has 22 heavy (non-hydrogen) atoms. The third-order valence-electron chi connectivity index (χ3n) is 3.04. The zero-order valence-electron chi connectivity index (χ0n) is 11.8. The van der Waals surface area contributed by atoms with Gasteiger partial charge in [0.05, 0.1) is 24.2 Å². The number of aromatic carboxylic acids is 1. The lowest BCUT2D eigenvalue weighted by molar-refractivity contribution is -0.255. The maximum Gasteiger partial charge on any atom is 0.175 e. The summed E-state index contributed by atoms with van der Waals surface area (Å²) >= 11 is 3.38. The van der Waals surface area contributed by atoms with Crippen LogP contribution in [-0.2, 0) is 13.2 Å². The van der Waals surface area contributed by atoms with E-state index in [0.29, 0.717) is 21.5 Å². The van der Waals surface area contributed by atoms with Crippen LogP contribution in [0.4, 0.5) is 0 Å². The zero-order chi connectivity index (χ0) is 16.1. The average molecular weight is 366 g/mol. The highest BCUT2D eigenvalue weighted by Crippen LogP contribution is 2.37. The number of rotatable bonds is 6. The van der Waals surface area contributed by atoms with Gasteiger partial charge < -0.3 is 24.5 Å². The molecule has 0 atom stereocenters. The van der Waals surface area contributed by atoms with Crippen LogP contribution in [0.3, 0.4) is 0 Å². The van der Waals surface area contributed by atoms with Gasteiger partial charge in [-0.2, -0.15) is 0 Å². The third kappa shape index (κ3) is 3.78. The zero-order valence-corrected chi connectivity index (χ0v) is 13.4. The fourth-order valence-corrected chi connectivity index (χ4v) is 2.50. The molecule has 0 saturated heterocycles. The van der Waals surface area contributed by atoms with E-state index in [9.17, 15) is 15.0 Å². The summed E-state index contributed by atoms with van der Waals surface area (Å²) in [7, 11) is 1.52. The lowest BCUT2D eigenvalue weighted by Gasteiger charge is -2.14. The summed E-state index contributed by atoms with van der Waals surface area (Å²) in [5.41, 5.74) is 1.63. The molecule has 5 nitrogen and oxygen atoms in total. The molecular formula is C16H14BrO5-. The Morgan fingerprint density at radius 1 is 1.23 bits per heavy atom. The fraction of sp³-hybridized carbons (Fsp3) is 0.188. The first-order valence-electron chi connectivity index (χ1n) is 6.45. The molecule has 0 aromatic heterocycles. The van der Waals surface area contributed by atoms with Gasteiger partial charge >= 0.3 is 0 Å². The summed E-state index contributed by atoms with van der Waals surface area (Å²) in [5.74, 6) is -0.190. The Hall–Kier alpha value is -2.05. The van der Waals surface area contributed by atoms with Crippen LogP contribution in [0.25, 0.3) is 0 Å². The maximum absolute atomic E-state index is 10.7. The van der Waals surface area contributed by atoms with Gasteiger partial charge in [0, 0.05) is 0 Å². The van der Waals surface area contributed by atoms with E-state index in [4.69, 9.17) is 9.47 Å². The molecule has 0 heterocycles. The highest BCUT2D eigenvalue weighted by atomic mass is 79.9. The number of halogens is 1. The van der Waals surface area contributed by atoms with E-state index in [1.165, 1.54) is 19.2 Å². The molecule has 0 aliphatic carbocycles. The summed E-state index contributed by atoms with van der Waals surface area (Å²) in [6.07, 6.45) is 0. The molecule has 1 N–H and O–H groups in total. The van der Waals surface area contributed by atoms with Gasteiger partial charge in [-0.1, -0.05) is 24.3 Å². The molecule has 2 aromatic rings. The predicted octanol–water partition coefficient (Wildman–Crippen LogP) is 1.89. The van der Waals surface area contributed by atoms with Crippen LogP contribution in [0.5, 0.6) is 11.5 Å². The smallest absolute Gasteiger partial charge is 0.175 e. The number of methoxy groups -OCH3 is 1. The summed E-state index contributed by atoms with van der Waals surface area (Å²) < 4.78 is 11.7. The van der Waals surface area contributed by atoms with E-state index in [1.54, 1.807) is 24.3 Å². The van der Waals surface area contributed by atoms with Crippen LogP contribution < -0.4 is 14.6 Å². The predicted molar refractivity (Wildman–Crippen MR) is 81.7 cm³/mol. The van der Waals surface area contributed by atoms with Crippen molar-refractivity contribution in [1.29, 1.82) is 0 Å². The topological polar surface area (TPSA) is 78.8 Å². The molecule has 0 amide bonds. The van der Waals surface area contributed by atoms with Crippen molar-refractivity contribution in [2.24, 2.45) is 0 Å². The van der Waals surface area contributed by atoms with Crippen molar-refractivity contribution in [3.05, 3.63) is 57.6 Å². The van der Waals surface area contributed by atoms with Crippen LogP contribution in [0.2, 0.25) is 0 Å². The molecule has 0 aliphatic heterocycles. The Kier molecular flexibility index (Phi) is 5.41. The number of aliphatic hydroxyl groups excluding tert-OH is 1. The molecule has 116 valence electrons. The van der Waals surface area contributed by atoms with Gasteiger partial charge in [0.25, 0.3) is 0 Å². The number of carboxylic acid groups (broad SMARTS) is 1. The number of carboxylic acids is 1. The first-order valence-corrected chi connectivity index (χ1v) is 7.24. The fourth-order valence-electron chi connectivity index (χ4n) is 1.90. The molecule has 2 aromatic carbocycles. The van der Waals surface area contributed by atoms with E-state index >= 15 is 0 Å². The Labute approximate surface area is 136 Å². The van der Waals surface area contributed by atoms with Crippen molar-refractivity contribution >= 4 is 21.9 Å². The largest absolute Gasteiger partial charge is 0.545 e. The van der Waals surface area contributed by atoms with Crippen LogP contribution >= 0.6 is 15.9 Å². The molecular weight excluding hydrogens is 352 g/mol. The SMILES string of the molecule is COc1cc(CO)cc(Br)c1OCc1ccc(C(=O)[O-])cc1. The summed E-state index contributed by atoms with van der Waals surface area (Å²) in [5, 5.41) is 19.9. The highest BCUT2D eigenvalue weighted by molar-refractivity contribution is 9.10. The lowest BCUT2D eigenvalue weighted by atomic mass is 10.1. The molecule has 0 unspecified atom stereocenters. The van der Waals surface area contributed by atoms with E-state index in [2.05, 4.69) is 15.9 Å². The van der Waals surface area contributed by atoms with Crippen LogP contribution in [0, 0.1) is 0 Å². The van der Waals surface area contributed by atoms with Gasteiger partial charge in [-0.3, -0.25) is 0 Å². The van der Waals surface area contributed by atoms with Crippen molar-refractivity contribution in [3.63, 3.8) is 0 Å². The minimum absolute atomic E-state index is 0.0973. The second kappa shape index (κ2) is 7.29. The third-order valence-corrected chi connectivity index (χ3v) is 3.63. The van der Waals surface area contributed by atoms with Crippen molar-refractivity contribution < 1.29 is 24.5 Å². The number of carbonyl (C=O) groups excluding carboxylic acids is 1. The summed E-state index contributed by atoms with van der Waals surface area (Å²) in [6, 6.07) is 9.70. The van der Waals surface area contributed by atoms with Crippen molar-refractivity contribution in [1.82, 2.24) is 0 Å². The molecule has 0 bridgehead atoms. The second-order valence-corrected chi connectivity index (χ2v) is 5.39. The monoisotopic (exact) mass is 365 g/mol. The first-order chi connectivity index (χ1) is 10.5. The number of benzene rings is 2. The number of carbonyl (C=O) groups is 1. The maximum atomic E-state index is 10.7. The van der Waals surface area contributed by atoms with Crippen molar-refractivity contribution in [2.45, 2.75) is 13.2 Å². The standard InChI is InChI=1S/C16H15BrO5/c1-21-14-7-11(8-18)6-13(17)15(14)22-9-10-2-4-12(5-3-10)16(19)20/h2-7,18H,8-9H2,1H3,(H,19,20)/p-1. The summed E-state index contributed by atoms with van der Waals surface area (Å²) in [6.45, 7) is 0.153. The number of hydrogen-bond acceptors (Lipinski definition) is 5. The molecule has 0 aliphatic rings. The van der Waals surface area contributed by atoms with E-state index < -0.39 is 5.97 Å². The van der Waals surface area contributed by atoms with Gasteiger partial charge in [0.15, 0.2) is 11.5 Å². The normalized spacial score (nSPS) is 10.3. The highest BCUT2D eigenvalue weighted by Gasteiger charge is 2.11. The number of hydrogen-bond donors (Lipinski definition) is 1. The Bertz CT molecular complexity index is 667. The van der Waals surface area contributed by atoms with Gasteiger partial charge in [0.2, 0.25) is 0 Å². The molecule has 0 fully saturated rings. The van der Waals surface area contributed by atoms with Gasteiger partial charge in [-0.15, -0.1) is 0 Å². The van der Waals surface area contributed by atoms with E-state index in [1.807, 2.05) is 0 Å². The van der Waals surface area contributed by atoms with Crippen molar-refractivity contribution in [2.75, 3.05) is 7.11 Å². The van der Waals surface area contributed by atoms with Gasteiger partial charge in [-0.25, -0.2) is 0 Å². The first kappa shape index (κ1) is 16.3. The Morgan fingerprint density at radius 2 is 1.91 bits per heavy atom. The van der Waals surface area contributed by atoms with Crippen LogP contribution in [0.15, 0.2) is 40.9 Å². The molecule has 0 radical (unpaired) electrons. The minimum atomic E-state index is -1.21. The summed E-state index contributed by atoms with van der Waals surface area (Å²) in [4.78, 5) is 10.7.